The summed E-state index contributed by atoms with van der Waals surface area (Å²) in [5, 5.41) is 0. The molecule has 0 aliphatic carbocycles. The maximum absolute atomic E-state index is 5.86. The minimum absolute atomic E-state index is 0.833. The van der Waals surface area contributed by atoms with Crippen LogP contribution in [-0.2, 0) is 25.7 Å². The minimum Gasteiger partial charge on any atom is -0.399 e. The molecule has 0 saturated heterocycles. The Bertz CT molecular complexity index is 1300. The van der Waals surface area contributed by atoms with Gasteiger partial charge in [0.05, 0.1) is 0 Å². The molecule has 4 aromatic carbocycles. The van der Waals surface area contributed by atoms with Crippen LogP contribution in [0, 0.1) is 27.7 Å². The zero-order chi connectivity index (χ0) is 32.0. The van der Waals surface area contributed by atoms with Crippen LogP contribution in [0.25, 0.3) is 0 Å². The fourth-order valence-electron chi connectivity index (χ4n) is 6.94. The summed E-state index contributed by atoms with van der Waals surface area (Å²) in [7, 11) is 0. The SMILES string of the molecule is Cc1cc(CCCCCCCCCCCCCc2cc(C)c(Cc3ccc(N)cc3)c(C)c2)cc(C)c1Cc1ccc(N)cc1. The van der Waals surface area contributed by atoms with Crippen LogP contribution in [0.5, 0.6) is 0 Å². The van der Waals surface area contributed by atoms with Gasteiger partial charge in [0, 0.05) is 11.4 Å². The molecule has 45 heavy (non-hydrogen) atoms. The highest BCUT2D eigenvalue weighted by atomic mass is 14.5. The lowest BCUT2D eigenvalue weighted by molar-refractivity contribution is 0.545. The zero-order valence-corrected chi connectivity index (χ0v) is 28.7. The Morgan fingerprint density at radius 3 is 0.911 bits per heavy atom. The first-order valence-corrected chi connectivity index (χ1v) is 17.7. The first-order chi connectivity index (χ1) is 21.8. The van der Waals surface area contributed by atoms with Gasteiger partial charge in [-0.2, -0.15) is 0 Å². The number of nitrogen functional groups attached to an aromatic ring is 2. The molecule has 0 atom stereocenters. The van der Waals surface area contributed by atoms with E-state index in [1.807, 2.05) is 24.3 Å². The molecular weight excluding hydrogens is 544 g/mol. The summed E-state index contributed by atoms with van der Waals surface area (Å²) in [6.07, 6.45) is 19.5. The predicted molar refractivity (Wildman–Crippen MR) is 197 cm³/mol. The van der Waals surface area contributed by atoms with E-state index in [2.05, 4.69) is 76.2 Å². The molecule has 2 nitrogen and oxygen atoms in total. The molecule has 0 bridgehead atoms. The average Bonchev–Trinajstić information content (AvgIpc) is 3.01. The van der Waals surface area contributed by atoms with Gasteiger partial charge in [0.25, 0.3) is 0 Å². The summed E-state index contributed by atoms with van der Waals surface area (Å²) in [4.78, 5) is 0. The topological polar surface area (TPSA) is 52.0 Å². The Morgan fingerprint density at radius 1 is 0.356 bits per heavy atom. The summed E-state index contributed by atoms with van der Waals surface area (Å²) in [6.45, 7) is 9.09. The Labute approximate surface area is 274 Å². The Kier molecular flexibility index (Phi) is 13.6. The van der Waals surface area contributed by atoms with Crippen LogP contribution >= 0.6 is 0 Å². The quantitative estimate of drug-likeness (QED) is 0.0879. The van der Waals surface area contributed by atoms with E-state index in [0.29, 0.717) is 0 Å². The van der Waals surface area contributed by atoms with Crippen LogP contribution in [0.15, 0.2) is 72.8 Å². The smallest absolute Gasteiger partial charge is 0.0314 e. The van der Waals surface area contributed by atoms with Gasteiger partial charge in [0.2, 0.25) is 0 Å². The van der Waals surface area contributed by atoms with Crippen LogP contribution < -0.4 is 11.5 Å². The molecule has 0 heterocycles. The maximum Gasteiger partial charge on any atom is 0.0314 e. The van der Waals surface area contributed by atoms with E-state index in [-0.39, 0.29) is 0 Å². The van der Waals surface area contributed by atoms with Crippen LogP contribution in [0.1, 0.15) is 126 Å². The molecule has 4 aromatic rings. The second kappa shape index (κ2) is 17.8. The number of hydrogen-bond donors (Lipinski definition) is 2. The van der Waals surface area contributed by atoms with Gasteiger partial charge < -0.3 is 11.5 Å². The third-order valence-corrected chi connectivity index (χ3v) is 9.66. The number of hydrogen-bond acceptors (Lipinski definition) is 2. The molecule has 0 unspecified atom stereocenters. The molecule has 0 radical (unpaired) electrons. The van der Waals surface area contributed by atoms with Crippen molar-refractivity contribution in [3.8, 4) is 0 Å². The van der Waals surface area contributed by atoms with Gasteiger partial charge in [-0.05, 0) is 146 Å². The summed E-state index contributed by atoms with van der Waals surface area (Å²) < 4.78 is 0. The Morgan fingerprint density at radius 2 is 0.622 bits per heavy atom. The van der Waals surface area contributed by atoms with Gasteiger partial charge in [-0.1, -0.05) is 106 Å². The van der Waals surface area contributed by atoms with Crippen LogP contribution in [0.4, 0.5) is 11.4 Å². The molecule has 0 amide bonds. The van der Waals surface area contributed by atoms with Gasteiger partial charge in [0.1, 0.15) is 0 Å². The number of nitrogens with two attached hydrogens (primary N) is 2. The van der Waals surface area contributed by atoms with E-state index >= 15 is 0 Å². The fraction of sp³-hybridized carbons (Fsp3) is 0.442. The highest BCUT2D eigenvalue weighted by Crippen LogP contribution is 2.24. The second-order valence-corrected chi connectivity index (χ2v) is 13.6. The van der Waals surface area contributed by atoms with E-state index in [4.69, 9.17) is 11.5 Å². The highest BCUT2D eigenvalue weighted by Gasteiger charge is 2.08. The van der Waals surface area contributed by atoms with Crippen molar-refractivity contribution in [1.82, 2.24) is 0 Å². The third-order valence-electron chi connectivity index (χ3n) is 9.66. The molecule has 4 rings (SSSR count). The largest absolute Gasteiger partial charge is 0.399 e. The van der Waals surface area contributed by atoms with Crippen molar-refractivity contribution in [2.45, 2.75) is 124 Å². The summed E-state index contributed by atoms with van der Waals surface area (Å²) in [6, 6.07) is 26.3. The van der Waals surface area contributed by atoms with Crippen LogP contribution in [0.3, 0.4) is 0 Å². The molecule has 0 aromatic heterocycles. The predicted octanol–water partition coefficient (Wildman–Crippen LogP) is 11.3. The summed E-state index contributed by atoms with van der Waals surface area (Å²) in [5.74, 6) is 0. The number of anilines is 2. The third kappa shape index (κ3) is 11.4. The maximum atomic E-state index is 5.86. The lowest BCUT2D eigenvalue weighted by Gasteiger charge is -2.13. The average molecular weight is 603 g/mol. The van der Waals surface area contributed by atoms with Gasteiger partial charge in [-0.3, -0.25) is 0 Å². The zero-order valence-electron chi connectivity index (χ0n) is 28.7. The standard InChI is InChI=1S/C43H58N2/c1-32-26-38(27-33(2)42(32)30-36-18-22-40(44)23-19-36)16-14-12-10-8-6-5-7-9-11-13-15-17-39-28-34(3)43(35(4)29-39)31-37-20-24-41(45)25-21-37/h18-29H,5-17,30-31,44-45H2,1-4H3. The molecule has 0 saturated carbocycles. The molecule has 2 heteroatoms. The first-order valence-electron chi connectivity index (χ1n) is 17.7. The number of unbranched alkanes of at least 4 members (excludes halogenated alkanes) is 10. The molecule has 4 N–H and O–H groups in total. The van der Waals surface area contributed by atoms with E-state index in [9.17, 15) is 0 Å². The van der Waals surface area contributed by atoms with E-state index in [1.54, 1.807) is 0 Å². The summed E-state index contributed by atoms with van der Waals surface area (Å²) >= 11 is 0. The highest BCUT2D eigenvalue weighted by molar-refractivity contribution is 5.46. The summed E-state index contributed by atoms with van der Waals surface area (Å²) in [5.41, 5.74) is 27.7. The van der Waals surface area contributed by atoms with Gasteiger partial charge in [-0.15, -0.1) is 0 Å². The molecule has 0 fully saturated rings. The van der Waals surface area contributed by atoms with Crippen molar-refractivity contribution in [2.75, 3.05) is 11.5 Å². The van der Waals surface area contributed by atoms with Gasteiger partial charge in [-0.25, -0.2) is 0 Å². The lowest BCUT2D eigenvalue weighted by Crippen LogP contribution is -1.99. The second-order valence-electron chi connectivity index (χ2n) is 13.6. The Balaban J connectivity index is 1.02. The van der Waals surface area contributed by atoms with Gasteiger partial charge >= 0.3 is 0 Å². The van der Waals surface area contributed by atoms with Crippen LogP contribution in [0.2, 0.25) is 0 Å². The fourth-order valence-corrected chi connectivity index (χ4v) is 6.94. The van der Waals surface area contributed by atoms with Crippen molar-refractivity contribution in [3.63, 3.8) is 0 Å². The molecular formula is C43H58N2. The number of rotatable bonds is 18. The van der Waals surface area contributed by atoms with Gasteiger partial charge in [0.15, 0.2) is 0 Å². The lowest BCUT2D eigenvalue weighted by atomic mass is 9.92. The molecule has 0 aliphatic heterocycles. The van der Waals surface area contributed by atoms with Crippen molar-refractivity contribution in [3.05, 3.63) is 128 Å². The van der Waals surface area contributed by atoms with Crippen molar-refractivity contribution in [1.29, 1.82) is 0 Å². The van der Waals surface area contributed by atoms with Crippen molar-refractivity contribution in [2.24, 2.45) is 0 Å². The Hall–Kier alpha value is -3.52. The normalized spacial score (nSPS) is 11.3. The minimum atomic E-state index is 0.833. The molecule has 0 spiro atoms. The number of aryl methyl sites for hydroxylation is 6. The molecule has 0 aliphatic rings. The van der Waals surface area contributed by atoms with E-state index < -0.39 is 0 Å². The molecule has 240 valence electrons. The monoisotopic (exact) mass is 602 g/mol. The number of benzene rings is 4. The van der Waals surface area contributed by atoms with Crippen LogP contribution in [-0.4, -0.2) is 0 Å². The van der Waals surface area contributed by atoms with E-state index in [0.717, 1.165) is 24.2 Å². The van der Waals surface area contributed by atoms with Crippen molar-refractivity contribution >= 4 is 11.4 Å². The van der Waals surface area contributed by atoms with E-state index in [1.165, 1.54) is 139 Å². The first kappa shape index (κ1) is 34.4. The van der Waals surface area contributed by atoms with Crippen molar-refractivity contribution < 1.29 is 0 Å².